The van der Waals surface area contributed by atoms with E-state index in [0.717, 1.165) is 13.0 Å². The average Bonchev–Trinajstić information content (AvgIpc) is 2.73. The summed E-state index contributed by atoms with van der Waals surface area (Å²) in [5, 5.41) is 8.99. The second-order valence-corrected chi connectivity index (χ2v) is 4.39. The van der Waals surface area contributed by atoms with E-state index in [0.29, 0.717) is 12.6 Å². The van der Waals surface area contributed by atoms with Crippen LogP contribution in [0.15, 0.2) is 0 Å². The largest absolute Gasteiger partial charge is 0.394 e. The third-order valence-electron chi connectivity index (χ3n) is 3.29. The zero-order valence-electron chi connectivity index (χ0n) is 8.90. The molecule has 2 saturated heterocycles. The smallest absolute Gasteiger partial charge is 0.181 e. The maximum absolute atomic E-state index is 8.99. The first kappa shape index (κ1) is 10.4. The Hall–Kier alpha value is -0.160. The van der Waals surface area contributed by atoms with Crippen molar-refractivity contribution in [1.82, 2.24) is 4.90 Å². The quantitative estimate of drug-likeness (QED) is 0.693. The molecule has 0 spiro atoms. The summed E-state index contributed by atoms with van der Waals surface area (Å²) >= 11 is 0. The number of aliphatic hydroxyl groups is 1. The molecule has 82 valence electrons. The van der Waals surface area contributed by atoms with Crippen LogP contribution >= 0.6 is 0 Å². The van der Waals surface area contributed by atoms with Crippen molar-refractivity contribution < 1.29 is 14.6 Å². The zero-order chi connectivity index (χ0) is 10.2. The first-order valence-corrected chi connectivity index (χ1v) is 5.28. The Morgan fingerprint density at radius 3 is 2.86 bits per heavy atom. The number of rotatable bonds is 2. The molecule has 2 aliphatic heterocycles. The summed E-state index contributed by atoms with van der Waals surface area (Å²) in [7, 11) is 2.10. The Morgan fingerprint density at radius 2 is 2.36 bits per heavy atom. The van der Waals surface area contributed by atoms with Crippen molar-refractivity contribution in [3.8, 4) is 0 Å². The van der Waals surface area contributed by atoms with Crippen molar-refractivity contribution in [1.29, 1.82) is 0 Å². The van der Waals surface area contributed by atoms with Crippen molar-refractivity contribution in [2.75, 3.05) is 26.8 Å². The molecule has 2 aliphatic rings. The Morgan fingerprint density at radius 1 is 1.57 bits per heavy atom. The van der Waals surface area contributed by atoms with Crippen LogP contribution in [0.25, 0.3) is 0 Å². The van der Waals surface area contributed by atoms with E-state index in [9.17, 15) is 0 Å². The molecule has 2 heterocycles. The third-order valence-corrected chi connectivity index (χ3v) is 3.29. The number of hydrogen-bond donors (Lipinski definition) is 1. The lowest BCUT2D eigenvalue weighted by Gasteiger charge is -2.34. The normalized spacial score (nSPS) is 44.8. The highest BCUT2D eigenvalue weighted by Crippen LogP contribution is 2.34. The van der Waals surface area contributed by atoms with Crippen LogP contribution < -0.4 is 0 Å². The van der Waals surface area contributed by atoms with Gasteiger partial charge in [0.15, 0.2) is 5.79 Å². The van der Waals surface area contributed by atoms with E-state index in [4.69, 9.17) is 14.6 Å². The standard InChI is InChI=1S/C10H19NO3/c1-10(9-4-3-5-11(9)2)13-7-8(6-12)14-10/h8-9,12H,3-7H2,1-2H3. The number of ether oxygens (including phenoxy) is 2. The van der Waals surface area contributed by atoms with Crippen molar-refractivity contribution in [2.24, 2.45) is 0 Å². The third kappa shape index (κ3) is 1.67. The Labute approximate surface area is 84.8 Å². The molecule has 3 unspecified atom stereocenters. The van der Waals surface area contributed by atoms with Crippen LogP contribution in [0.3, 0.4) is 0 Å². The monoisotopic (exact) mass is 201 g/mol. The van der Waals surface area contributed by atoms with Crippen LogP contribution in [0.2, 0.25) is 0 Å². The fourth-order valence-electron chi connectivity index (χ4n) is 2.49. The maximum atomic E-state index is 8.99. The molecule has 0 aromatic carbocycles. The van der Waals surface area contributed by atoms with E-state index in [-0.39, 0.29) is 12.7 Å². The number of hydrogen-bond acceptors (Lipinski definition) is 4. The minimum absolute atomic E-state index is 0.0476. The van der Waals surface area contributed by atoms with Gasteiger partial charge in [-0.1, -0.05) is 0 Å². The number of nitrogens with zero attached hydrogens (tertiary/aromatic N) is 1. The average molecular weight is 201 g/mol. The molecule has 4 heteroatoms. The summed E-state index contributed by atoms with van der Waals surface area (Å²) in [5.74, 6) is -0.515. The van der Waals surface area contributed by atoms with Crippen LogP contribution in [0, 0.1) is 0 Å². The summed E-state index contributed by atoms with van der Waals surface area (Å²) in [6, 6.07) is 0.332. The Kier molecular flexibility index (Phi) is 2.79. The van der Waals surface area contributed by atoms with Gasteiger partial charge in [-0.25, -0.2) is 0 Å². The van der Waals surface area contributed by atoms with Gasteiger partial charge in [0.05, 0.1) is 19.3 Å². The van der Waals surface area contributed by atoms with Gasteiger partial charge in [-0.15, -0.1) is 0 Å². The van der Waals surface area contributed by atoms with Gasteiger partial charge in [0.1, 0.15) is 6.10 Å². The molecular weight excluding hydrogens is 182 g/mol. The molecule has 0 aromatic rings. The van der Waals surface area contributed by atoms with Gasteiger partial charge < -0.3 is 14.6 Å². The highest BCUT2D eigenvalue weighted by molar-refractivity contribution is 4.91. The van der Waals surface area contributed by atoms with Gasteiger partial charge in [-0.05, 0) is 33.4 Å². The predicted octanol–water partition coefficient (Wildman–Crippen LogP) is 0.204. The van der Waals surface area contributed by atoms with Crippen molar-refractivity contribution in [3.05, 3.63) is 0 Å². The minimum atomic E-state index is -0.515. The van der Waals surface area contributed by atoms with Crippen molar-refractivity contribution >= 4 is 0 Å². The van der Waals surface area contributed by atoms with Crippen LogP contribution in [0.5, 0.6) is 0 Å². The van der Waals surface area contributed by atoms with Crippen LogP contribution in [-0.2, 0) is 9.47 Å². The highest BCUT2D eigenvalue weighted by Gasteiger charge is 2.46. The molecular formula is C10H19NO3. The molecule has 2 rings (SSSR count). The molecule has 4 nitrogen and oxygen atoms in total. The van der Waals surface area contributed by atoms with Crippen LogP contribution in [0.4, 0.5) is 0 Å². The molecule has 0 bridgehead atoms. The molecule has 0 saturated carbocycles. The zero-order valence-corrected chi connectivity index (χ0v) is 8.90. The van der Waals surface area contributed by atoms with Gasteiger partial charge in [0, 0.05) is 0 Å². The summed E-state index contributed by atoms with van der Waals surface area (Å²) in [4.78, 5) is 2.28. The molecule has 0 radical (unpaired) electrons. The second kappa shape index (κ2) is 3.77. The van der Waals surface area contributed by atoms with Crippen molar-refractivity contribution in [3.63, 3.8) is 0 Å². The first-order valence-electron chi connectivity index (χ1n) is 5.28. The van der Waals surface area contributed by atoms with Gasteiger partial charge >= 0.3 is 0 Å². The van der Waals surface area contributed by atoms with E-state index in [2.05, 4.69) is 11.9 Å². The lowest BCUT2D eigenvalue weighted by Crippen LogP contribution is -2.47. The Bertz CT molecular complexity index is 212. The lowest BCUT2D eigenvalue weighted by atomic mass is 10.1. The lowest BCUT2D eigenvalue weighted by molar-refractivity contribution is -0.192. The molecule has 3 atom stereocenters. The molecule has 1 N–H and O–H groups in total. The number of likely N-dealkylation sites (tertiary alicyclic amines) is 1. The fourth-order valence-corrected chi connectivity index (χ4v) is 2.49. The minimum Gasteiger partial charge on any atom is -0.394 e. The van der Waals surface area contributed by atoms with E-state index >= 15 is 0 Å². The SMILES string of the molecule is CN1CCCC1C1(C)OCC(CO)O1. The summed E-state index contributed by atoms with van der Waals surface area (Å²) in [5.41, 5.74) is 0. The van der Waals surface area contributed by atoms with Crippen molar-refractivity contribution in [2.45, 2.75) is 37.7 Å². The molecule has 2 fully saturated rings. The molecule has 0 amide bonds. The molecule has 0 aliphatic carbocycles. The predicted molar refractivity (Wildman–Crippen MR) is 52.0 cm³/mol. The second-order valence-electron chi connectivity index (χ2n) is 4.39. The van der Waals surface area contributed by atoms with E-state index in [1.54, 1.807) is 0 Å². The van der Waals surface area contributed by atoms with E-state index in [1.807, 2.05) is 6.92 Å². The van der Waals surface area contributed by atoms with Gasteiger partial charge in [0.25, 0.3) is 0 Å². The van der Waals surface area contributed by atoms with Gasteiger partial charge in [0.2, 0.25) is 0 Å². The number of likely N-dealkylation sites (N-methyl/N-ethyl adjacent to an activating group) is 1. The molecule has 0 aromatic heterocycles. The van der Waals surface area contributed by atoms with Crippen LogP contribution in [0.1, 0.15) is 19.8 Å². The maximum Gasteiger partial charge on any atom is 0.181 e. The fraction of sp³-hybridized carbons (Fsp3) is 1.00. The first-order chi connectivity index (χ1) is 6.65. The summed E-state index contributed by atoms with van der Waals surface area (Å²) in [6.45, 7) is 3.65. The topological polar surface area (TPSA) is 41.9 Å². The van der Waals surface area contributed by atoms with Gasteiger partial charge in [-0.2, -0.15) is 0 Å². The highest BCUT2D eigenvalue weighted by atomic mass is 16.7. The van der Waals surface area contributed by atoms with Gasteiger partial charge in [-0.3, -0.25) is 4.90 Å². The molecule has 14 heavy (non-hydrogen) atoms. The van der Waals surface area contributed by atoms with E-state index in [1.165, 1.54) is 6.42 Å². The summed E-state index contributed by atoms with van der Waals surface area (Å²) < 4.78 is 11.4. The van der Waals surface area contributed by atoms with E-state index < -0.39 is 5.79 Å². The number of aliphatic hydroxyl groups excluding tert-OH is 1. The summed E-state index contributed by atoms with van der Waals surface area (Å²) in [6.07, 6.45) is 2.17. The van der Waals surface area contributed by atoms with Crippen LogP contribution in [-0.4, -0.2) is 54.7 Å². The Balaban J connectivity index is 2.02.